The number of hydrogen-bond donors (Lipinski definition) is 3. The molecule has 5 rings (SSSR count). The van der Waals surface area contributed by atoms with Crippen LogP contribution < -0.4 is 5.32 Å². The first-order valence-corrected chi connectivity index (χ1v) is 9.06. The molecule has 4 heteroatoms. The summed E-state index contributed by atoms with van der Waals surface area (Å²) < 4.78 is 0. The second kappa shape index (κ2) is 5.74. The van der Waals surface area contributed by atoms with Crippen molar-refractivity contribution in [1.82, 2.24) is 20.3 Å². The zero-order chi connectivity index (χ0) is 16.8. The Labute approximate surface area is 146 Å². The van der Waals surface area contributed by atoms with Crippen molar-refractivity contribution < 1.29 is 0 Å². The molecule has 4 heterocycles. The summed E-state index contributed by atoms with van der Waals surface area (Å²) in [4.78, 5) is 11.4. The summed E-state index contributed by atoms with van der Waals surface area (Å²) in [5, 5.41) is 4.79. The zero-order valence-electron chi connectivity index (χ0n) is 14.4. The third-order valence-electron chi connectivity index (χ3n) is 5.61. The summed E-state index contributed by atoms with van der Waals surface area (Å²) in [5.41, 5.74) is 8.47. The van der Waals surface area contributed by atoms with E-state index in [2.05, 4.69) is 51.5 Å². The van der Waals surface area contributed by atoms with Crippen LogP contribution in [0.25, 0.3) is 33.2 Å². The largest absolute Gasteiger partial charge is 0.359 e. The number of nitrogens with one attached hydrogen (secondary N) is 3. The van der Waals surface area contributed by atoms with Gasteiger partial charge in [0.1, 0.15) is 0 Å². The summed E-state index contributed by atoms with van der Waals surface area (Å²) in [6, 6.07) is 11.1. The van der Waals surface area contributed by atoms with E-state index in [4.69, 9.17) is 0 Å². The van der Waals surface area contributed by atoms with Gasteiger partial charge in [0.25, 0.3) is 0 Å². The minimum Gasteiger partial charge on any atom is -0.359 e. The zero-order valence-corrected chi connectivity index (χ0v) is 14.4. The molecule has 0 amide bonds. The molecule has 1 aromatic carbocycles. The van der Waals surface area contributed by atoms with Gasteiger partial charge in [-0.15, -0.1) is 0 Å². The first kappa shape index (κ1) is 14.7. The lowest BCUT2D eigenvalue weighted by molar-refractivity contribution is 0.460. The molecule has 0 saturated carbocycles. The van der Waals surface area contributed by atoms with Crippen molar-refractivity contribution in [2.24, 2.45) is 0 Å². The molecular weight excluding hydrogens is 308 g/mol. The van der Waals surface area contributed by atoms with Crippen molar-refractivity contribution in [2.45, 2.75) is 25.7 Å². The maximum atomic E-state index is 4.44. The van der Waals surface area contributed by atoms with E-state index in [0.29, 0.717) is 5.92 Å². The number of hydrogen-bond acceptors (Lipinski definition) is 2. The predicted octanol–water partition coefficient (Wildman–Crippen LogP) is 4.49. The number of fused-ring (bicyclic) bond motifs is 2. The molecule has 1 fully saturated rings. The van der Waals surface area contributed by atoms with Gasteiger partial charge in [0.05, 0.1) is 16.7 Å². The Bertz CT molecular complexity index is 1050. The molecule has 4 aromatic rings. The lowest BCUT2D eigenvalue weighted by atomic mass is 9.89. The smallest absolute Gasteiger partial charge is 0.0885 e. The number of aromatic amines is 2. The summed E-state index contributed by atoms with van der Waals surface area (Å²) in [5.74, 6) is 0.680. The van der Waals surface area contributed by atoms with Crippen LogP contribution in [0.15, 0.2) is 42.7 Å². The molecule has 4 nitrogen and oxygen atoms in total. The molecule has 0 unspecified atom stereocenters. The maximum Gasteiger partial charge on any atom is 0.0885 e. The van der Waals surface area contributed by atoms with E-state index in [0.717, 1.165) is 24.1 Å². The van der Waals surface area contributed by atoms with E-state index in [9.17, 15) is 0 Å². The van der Waals surface area contributed by atoms with Crippen molar-refractivity contribution in [1.29, 1.82) is 0 Å². The normalized spacial score (nSPS) is 16.0. The summed E-state index contributed by atoms with van der Waals surface area (Å²) in [6.07, 6.45) is 6.30. The van der Waals surface area contributed by atoms with Gasteiger partial charge in [-0.25, -0.2) is 0 Å². The molecule has 0 radical (unpaired) electrons. The third kappa shape index (κ3) is 2.36. The topological polar surface area (TPSA) is 56.5 Å². The van der Waals surface area contributed by atoms with Gasteiger partial charge in [-0.2, -0.15) is 0 Å². The van der Waals surface area contributed by atoms with Crippen LogP contribution in [-0.4, -0.2) is 28.0 Å². The lowest BCUT2D eigenvalue weighted by Crippen LogP contribution is -2.26. The predicted molar refractivity (Wildman–Crippen MR) is 103 cm³/mol. The van der Waals surface area contributed by atoms with Crippen molar-refractivity contribution in [3.8, 4) is 11.3 Å². The Kier molecular flexibility index (Phi) is 3.38. The first-order chi connectivity index (χ1) is 12.3. The van der Waals surface area contributed by atoms with Gasteiger partial charge in [0, 0.05) is 28.9 Å². The summed E-state index contributed by atoms with van der Waals surface area (Å²) in [7, 11) is 0. The van der Waals surface area contributed by atoms with Crippen molar-refractivity contribution in [3.63, 3.8) is 0 Å². The highest BCUT2D eigenvalue weighted by Crippen LogP contribution is 2.35. The van der Waals surface area contributed by atoms with Crippen molar-refractivity contribution in [2.75, 3.05) is 13.1 Å². The van der Waals surface area contributed by atoms with Gasteiger partial charge in [0.2, 0.25) is 0 Å². The van der Waals surface area contributed by atoms with Gasteiger partial charge in [-0.3, -0.25) is 4.98 Å². The molecule has 1 saturated heterocycles. The van der Waals surface area contributed by atoms with Crippen LogP contribution in [0, 0.1) is 6.92 Å². The average molecular weight is 330 g/mol. The Morgan fingerprint density at radius 1 is 1.08 bits per heavy atom. The van der Waals surface area contributed by atoms with E-state index in [1.165, 1.54) is 46.1 Å². The van der Waals surface area contributed by atoms with Crippen LogP contribution in [-0.2, 0) is 0 Å². The molecule has 126 valence electrons. The van der Waals surface area contributed by atoms with Gasteiger partial charge in [0.15, 0.2) is 0 Å². The number of H-pyrrole nitrogens is 2. The van der Waals surface area contributed by atoms with Gasteiger partial charge in [-0.1, -0.05) is 6.07 Å². The van der Waals surface area contributed by atoms with Crippen LogP contribution >= 0.6 is 0 Å². The number of rotatable bonds is 2. The Balaban J connectivity index is 1.65. The number of piperidine rings is 1. The maximum absolute atomic E-state index is 4.44. The molecule has 0 atom stereocenters. The molecule has 0 bridgehead atoms. The molecule has 1 aliphatic heterocycles. The highest BCUT2D eigenvalue weighted by Gasteiger charge is 2.18. The molecular formula is C21H22N4. The summed E-state index contributed by atoms with van der Waals surface area (Å²) >= 11 is 0. The van der Waals surface area contributed by atoms with Gasteiger partial charge >= 0.3 is 0 Å². The fourth-order valence-corrected chi connectivity index (χ4v) is 4.19. The first-order valence-electron chi connectivity index (χ1n) is 9.06. The molecule has 3 N–H and O–H groups in total. The number of aryl methyl sites for hydroxylation is 1. The molecule has 25 heavy (non-hydrogen) atoms. The van der Waals surface area contributed by atoms with Crippen molar-refractivity contribution in [3.05, 3.63) is 53.9 Å². The highest BCUT2D eigenvalue weighted by atomic mass is 14.9. The standard InChI is InChI=1S/C21H22N4/c1-13-17-12-15(14-4-8-22-9-5-14)2-3-18(17)25-20(13)16-6-10-23-19-7-11-24-21(16)19/h2-3,6-7,10-12,14,22,24-25H,4-5,8-9H2,1H3. The molecule has 1 aliphatic rings. The number of aromatic nitrogens is 3. The fourth-order valence-electron chi connectivity index (χ4n) is 4.19. The molecule has 3 aromatic heterocycles. The Hall–Kier alpha value is -2.59. The van der Waals surface area contributed by atoms with E-state index >= 15 is 0 Å². The van der Waals surface area contributed by atoms with E-state index in [1.807, 2.05) is 18.5 Å². The van der Waals surface area contributed by atoms with E-state index in [-0.39, 0.29) is 0 Å². The Morgan fingerprint density at radius 3 is 2.84 bits per heavy atom. The number of benzene rings is 1. The number of pyridine rings is 1. The fraction of sp³-hybridized carbons (Fsp3) is 0.286. The molecule has 0 aliphatic carbocycles. The average Bonchev–Trinajstić information content (AvgIpc) is 3.27. The lowest BCUT2D eigenvalue weighted by Gasteiger charge is -2.23. The van der Waals surface area contributed by atoms with Crippen LogP contribution in [0.4, 0.5) is 0 Å². The second-order valence-corrected chi connectivity index (χ2v) is 7.05. The van der Waals surface area contributed by atoms with Crippen LogP contribution in [0.5, 0.6) is 0 Å². The second-order valence-electron chi connectivity index (χ2n) is 7.05. The Morgan fingerprint density at radius 2 is 1.96 bits per heavy atom. The van der Waals surface area contributed by atoms with E-state index < -0.39 is 0 Å². The van der Waals surface area contributed by atoms with Gasteiger partial charge in [-0.05, 0) is 74.2 Å². The quantitative estimate of drug-likeness (QED) is 0.507. The number of nitrogens with zero attached hydrogens (tertiary/aromatic N) is 1. The van der Waals surface area contributed by atoms with Crippen LogP contribution in [0.1, 0.15) is 29.9 Å². The third-order valence-corrected chi connectivity index (χ3v) is 5.61. The SMILES string of the molecule is Cc1c(-c2ccnc3cc[nH]c23)[nH]c2ccc(C3CCNCC3)cc12. The van der Waals surface area contributed by atoms with Crippen LogP contribution in [0.2, 0.25) is 0 Å². The minimum absolute atomic E-state index is 0.680. The molecule has 0 spiro atoms. The van der Waals surface area contributed by atoms with Crippen molar-refractivity contribution >= 4 is 21.9 Å². The monoisotopic (exact) mass is 330 g/mol. The van der Waals surface area contributed by atoms with E-state index in [1.54, 1.807) is 0 Å². The highest BCUT2D eigenvalue weighted by molar-refractivity contribution is 5.97. The minimum atomic E-state index is 0.680. The van der Waals surface area contributed by atoms with Crippen LogP contribution in [0.3, 0.4) is 0 Å². The van der Waals surface area contributed by atoms with Gasteiger partial charge < -0.3 is 15.3 Å². The summed E-state index contributed by atoms with van der Waals surface area (Å²) in [6.45, 7) is 4.47.